The molecule has 33 heavy (non-hydrogen) atoms. The second-order valence-corrected chi connectivity index (χ2v) is 10.4. The first-order valence-electron chi connectivity index (χ1n) is 12.5. The van der Waals surface area contributed by atoms with Gasteiger partial charge in [-0.05, 0) is 49.5 Å². The molecule has 2 rings (SSSR count). The summed E-state index contributed by atoms with van der Waals surface area (Å²) in [5, 5.41) is 13.7. The molecule has 0 saturated heterocycles. The maximum absolute atomic E-state index is 11.7. The topological polar surface area (TPSA) is 99.5 Å². The molecule has 0 spiro atoms. The molecule has 0 radical (unpaired) electrons. The van der Waals surface area contributed by atoms with Crippen LogP contribution in [-0.4, -0.2) is 51.4 Å². The summed E-state index contributed by atoms with van der Waals surface area (Å²) in [6, 6.07) is 10.7. The number of nitrogens with one attached hydrogen (secondary N) is 2. The van der Waals surface area contributed by atoms with Gasteiger partial charge in [0.05, 0.1) is 25.6 Å². The van der Waals surface area contributed by atoms with Crippen LogP contribution in [0.3, 0.4) is 0 Å². The summed E-state index contributed by atoms with van der Waals surface area (Å²) < 4.78 is 32.4. The summed E-state index contributed by atoms with van der Waals surface area (Å²) in [7, 11) is -3.19. The van der Waals surface area contributed by atoms with Crippen LogP contribution in [0, 0.1) is 11.3 Å². The molecule has 0 aromatic heterocycles. The molecule has 0 aliphatic heterocycles. The van der Waals surface area contributed by atoms with Crippen LogP contribution in [0.2, 0.25) is 0 Å². The minimum absolute atomic E-state index is 0.0350. The van der Waals surface area contributed by atoms with Crippen LogP contribution in [-0.2, 0) is 14.8 Å². The number of aliphatic hydroxyl groups is 1. The molecule has 0 amide bonds. The van der Waals surface area contributed by atoms with Crippen molar-refractivity contribution in [1.29, 1.82) is 5.41 Å². The summed E-state index contributed by atoms with van der Waals surface area (Å²) in [5.74, 6) is 0.834. The molecular formula is C26H48N2O4S. The van der Waals surface area contributed by atoms with E-state index in [-0.39, 0.29) is 18.6 Å². The molecule has 0 unspecified atom stereocenters. The maximum Gasteiger partial charge on any atom is 0.208 e. The lowest BCUT2D eigenvalue weighted by molar-refractivity contribution is 0.00203. The highest BCUT2D eigenvalue weighted by molar-refractivity contribution is 7.88. The Morgan fingerprint density at radius 1 is 1.15 bits per heavy atom. The lowest BCUT2D eigenvalue weighted by atomic mass is 9.83. The molecule has 1 aromatic carbocycles. The summed E-state index contributed by atoms with van der Waals surface area (Å²) in [5.41, 5.74) is 1.44. The fourth-order valence-electron chi connectivity index (χ4n) is 4.04. The Morgan fingerprint density at radius 2 is 1.73 bits per heavy atom. The molecule has 3 N–H and O–H groups in total. The van der Waals surface area contributed by atoms with E-state index >= 15 is 0 Å². The first-order valence-corrected chi connectivity index (χ1v) is 14.4. The van der Waals surface area contributed by atoms with E-state index in [2.05, 4.69) is 48.9 Å². The van der Waals surface area contributed by atoms with Crippen molar-refractivity contribution in [2.24, 2.45) is 5.92 Å². The van der Waals surface area contributed by atoms with E-state index in [9.17, 15) is 8.42 Å². The number of benzene rings is 1. The van der Waals surface area contributed by atoms with Crippen LogP contribution in [0.25, 0.3) is 0 Å². The van der Waals surface area contributed by atoms with Gasteiger partial charge >= 0.3 is 0 Å². The van der Waals surface area contributed by atoms with E-state index in [1.165, 1.54) is 24.7 Å². The van der Waals surface area contributed by atoms with Gasteiger partial charge in [-0.3, -0.25) is 0 Å². The predicted molar refractivity (Wildman–Crippen MR) is 140 cm³/mol. The van der Waals surface area contributed by atoms with Gasteiger partial charge in [0.2, 0.25) is 10.0 Å². The van der Waals surface area contributed by atoms with E-state index in [0.29, 0.717) is 18.6 Å². The normalized spacial score (nSPS) is 19.8. The lowest BCUT2D eigenvalue weighted by Crippen LogP contribution is -2.41. The zero-order chi connectivity index (χ0) is 25.1. The highest BCUT2D eigenvalue weighted by Crippen LogP contribution is 2.34. The monoisotopic (exact) mass is 484 g/mol. The molecule has 2 atom stereocenters. The molecule has 1 aliphatic carbocycles. The van der Waals surface area contributed by atoms with Crippen molar-refractivity contribution in [3.63, 3.8) is 0 Å². The number of rotatable bonds is 12. The molecule has 1 fully saturated rings. The number of hydrogen-bond acceptors (Lipinski definition) is 5. The van der Waals surface area contributed by atoms with Crippen LogP contribution in [0.15, 0.2) is 30.3 Å². The van der Waals surface area contributed by atoms with Crippen molar-refractivity contribution < 1.29 is 18.3 Å². The Labute approximate surface area is 203 Å². The van der Waals surface area contributed by atoms with Crippen molar-refractivity contribution in [2.45, 2.75) is 97.1 Å². The van der Waals surface area contributed by atoms with Gasteiger partial charge in [0.25, 0.3) is 0 Å². The third-order valence-corrected chi connectivity index (χ3v) is 6.53. The number of unbranched alkanes of at least 4 members (excludes halogenated alkanes) is 2. The minimum Gasteiger partial charge on any atom is -0.391 e. The van der Waals surface area contributed by atoms with Gasteiger partial charge in [-0.25, -0.2) is 13.1 Å². The Hall–Kier alpha value is -1.28. The van der Waals surface area contributed by atoms with Crippen molar-refractivity contribution in [2.75, 3.05) is 19.5 Å². The Kier molecular flexibility index (Phi) is 18.3. The average molecular weight is 485 g/mol. The molecule has 7 heteroatoms. The van der Waals surface area contributed by atoms with Gasteiger partial charge in [-0.2, -0.15) is 0 Å². The summed E-state index contributed by atoms with van der Waals surface area (Å²) in [6.45, 7) is 8.75. The van der Waals surface area contributed by atoms with Gasteiger partial charge in [0.1, 0.15) is 0 Å². The second-order valence-electron chi connectivity index (χ2n) is 8.57. The standard InChI is InChI=1S/C22H37NO3S.C2H5NO.C2H6/c1-4-5-7-12-22(23-27(3,24)25)18(2)17-26-21-15-13-20(14-16-21)19-10-8-6-9-11-19;3-1-2-4;1-2/h6,8-11,18,20-23H,4-5,7,12-17H2,1-3H3;1,3-4H,2H2;1-2H3/t18-,20?,21?,22-;;/m0../s1. The molecule has 0 bridgehead atoms. The van der Waals surface area contributed by atoms with Gasteiger partial charge in [-0.1, -0.05) is 77.3 Å². The van der Waals surface area contributed by atoms with E-state index in [1.807, 2.05) is 13.8 Å². The van der Waals surface area contributed by atoms with Crippen LogP contribution in [0.4, 0.5) is 0 Å². The molecule has 1 aromatic rings. The quantitative estimate of drug-likeness (QED) is 0.269. The summed E-state index contributed by atoms with van der Waals surface area (Å²) >= 11 is 0. The third-order valence-electron chi connectivity index (χ3n) is 5.80. The Bertz CT molecular complexity index is 690. The SMILES string of the molecule is CC.CCCCC[C@H](NS(C)(=O)=O)[C@@H](C)COC1CCC(c2ccccc2)CC1.N=CCO. The van der Waals surface area contributed by atoms with Crippen LogP contribution >= 0.6 is 0 Å². The molecule has 192 valence electrons. The van der Waals surface area contributed by atoms with Crippen molar-refractivity contribution in [1.82, 2.24) is 4.72 Å². The predicted octanol–water partition coefficient (Wildman–Crippen LogP) is 5.52. The van der Waals surface area contributed by atoms with Gasteiger partial charge in [0, 0.05) is 12.3 Å². The van der Waals surface area contributed by atoms with Crippen LogP contribution in [0.1, 0.15) is 90.5 Å². The van der Waals surface area contributed by atoms with E-state index < -0.39 is 10.0 Å². The second kappa shape index (κ2) is 19.1. The van der Waals surface area contributed by atoms with E-state index in [4.69, 9.17) is 15.3 Å². The molecular weight excluding hydrogens is 436 g/mol. The molecule has 1 saturated carbocycles. The first kappa shape index (κ1) is 31.7. The highest BCUT2D eigenvalue weighted by atomic mass is 32.2. The van der Waals surface area contributed by atoms with Crippen molar-refractivity contribution in [3.05, 3.63) is 35.9 Å². The lowest BCUT2D eigenvalue weighted by Gasteiger charge is -2.31. The third kappa shape index (κ3) is 15.3. The van der Waals surface area contributed by atoms with Gasteiger partial charge in [0.15, 0.2) is 0 Å². The van der Waals surface area contributed by atoms with E-state index in [0.717, 1.165) is 44.7 Å². The van der Waals surface area contributed by atoms with Gasteiger partial charge in [-0.15, -0.1) is 0 Å². The van der Waals surface area contributed by atoms with Crippen LogP contribution in [0.5, 0.6) is 0 Å². The fraction of sp³-hybridized carbons (Fsp3) is 0.731. The largest absolute Gasteiger partial charge is 0.391 e. The number of ether oxygens (including phenoxy) is 1. The maximum atomic E-state index is 11.7. The number of aliphatic hydroxyl groups excluding tert-OH is 1. The zero-order valence-electron chi connectivity index (χ0n) is 21.4. The van der Waals surface area contributed by atoms with Crippen molar-refractivity contribution in [3.8, 4) is 0 Å². The Morgan fingerprint density at radius 3 is 2.21 bits per heavy atom. The summed E-state index contributed by atoms with van der Waals surface area (Å²) in [4.78, 5) is 0. The molecule has 1 aliphatic rings. The molecule has 0 heterocycles. The smallest absolute Gasteiger partial charge is 0.208 e. The highest BCUT2D eigenvalue weighted by Gasteiger charge is 2.25. The van der Waals surface area contributed by atoms with E-state index in [1.54, 1.807) is 0 Å². The minimum atomic E-state index is -3.19. The Balaban J connectivity index is 0.00000154. The summed E-state index contributed by atoms with van der Waals surface area (Å²) in [6.07, 6.45) is 11.2. The number of sulfonamides is 1. The average Bonchev–Trinajstić information content (AvgIpc) is 2.83. The molecule has 6 nitrogen and oxygen atoms in total. The number of hydrogen-bond donors (Lipinski definition) is 3. The fourth-order valence-corrected chi connectivity index (χ4v) is 4.94. The van der Waals surface area contributed by atoms with Gasteiger partial charge < -0.3 is 15.3 Å². The first-order chi connectivity index (χ1) is 15.8. The zero-order valence-corrected chi connectivity index (χ0v) is 22.2. The van der Waals surface area contributed by atoms with Crippen LogP contribution < -0.4 is 4.72 Å². The van der Waals surface area contributed by atoms with Crippen molar-refractivity contribution >= 4 is 16.2 Å².